The molecule has 0 saturated carbocycles. The average Bonchev–Trinajstić information content (AvgIpc) is 3.07. The van der Waals surface area contributed by atoms with Crippen LogP contribution in [0, 0.1) is 11.6 Å². The van der Waals surface area contributed by atoms with E-state index in [1.807, 2.05) is 11.9 Å². The standard InChI is InChI=1S/C31H40F5NO3S/c1-37(20-8-22-41(39,40)21-7-18-31(34,35)36)19-5-3-2-4-9-26-25(23-12-14-24(32)15-13-23)10-6-11-28-27(26)16-17-29(38)30(28)33/h12-17,38H,2-11,18-22H2,1H3. The van der Waals surface area contributed by atoms with Crippen LogP contribution in [0.4, 0.5) is 22.0 Å². The van der Waals surface area contributed by atoms with Crippen LogP contribution in [0.2, 0.25) is 0 Å². The van der Waals surface area contributed by atoms with Crippen molar-refractivity contribution in [3.05, 3.63) is 64.7 Å². The Balaban J connectivity index is 1.49. The molecule has 0 atom stereocenters. The number of allylic oxidation sites excluding steroid dienone is 2. The molecule has 0 aliphatic heterocycles. The number of aromatic hydroxyl groups is 1. The molecule has 0 aromatic heterocycles. The number of alkyl halides is 3. The van der Waals surface area contributed by atoms with Gasteiger partial charge in [-0.1, -0.05) is 31.0 Å². The van der Waals surface area contributed by atoms with Crippen LogP contribution in [0.1, 0.15) is 80.9 Å². The first-order valence-electron chi connectivity index (χ1n) is 14.3. The largest absolute Gasteiger partial charge is 0.505 e. The van der Waals surface area contributed by atoms with Gasteiger partial charge in [-0.2, -0.15) is 13.2 Å². The maximum absolute atomic E-state index is 14.8. The number of phenolic OH excluding ortho intramolecular Hbond substituents is 1. The number of hydrogen-bond acceptors (Lipinski definition) is 4. The van der Waals surface area contributed by atoms with E-state index in [1.54, 1.807) is 18.2 Å². The molecule has 0 unspecified atom stereocenters. The zero-order valence-corrected chi connectivity index (χ0v) is 24.4. The second-order valence-electron chi connectivity index (χ2n) is 10.9. The van der Waals surface area contributed by atoms with E-state index < -0.39 is 40.4 Å². The number of unbranched alkanes of at least 4 members (excludes halogenated alkanes) is 3. The fraction of sp³-hybridized carbons (Fsp3) is 0.548. The van der Waals surface area contributed by atoms with E-state index in [9.17, 15) is 35.5 Å². The third-order valence-electron chi connectivity index (χ3n) is 7.59. The molecule has 1 N–H and O–H groups in total. The lowest BCUT2D eigenvalue weighted by atomic mass is 9.89. The van der Waals surface area contributed by atoms with Gasteiger partial charge in [0, 0.05) is 6.42 Å². The van der Waals surface area contributed by atoms with Gasteiger partial charge in [-0.05, 0) is 118 Å². The first kappa shape index (κ1) is 33.0. The molecule has 10 heteroatoms. The van der Waals surface area contributed by atoms with E-state index in [1.165, 1.54) is 18.2 Å². The van der Waals surface area contributed by atoms with Crippen LogP contribution < -0.4 is 0 Å². The van der Waals surface area contributed by atoms with E-state index in [-0.39, 0.29) is 17.3 Å². The van der Waals surface area contributed by atoms with Gasteiger partial charge in [-0.15, -0.1) is 0 Å². The van der Waals surface area contributed by atoms with E-state index in [0.717, 1.165) is 73.8 Å². The Bertz CT molecular complexity index is 1270. The van der Waals surface area contributed by atoms with Crippen LogP contribution in [0.3, 0.4) is 0 Å². The number of benzene rings is 2. The lowest BCUT2D eigenvalue weighted by Gasteiger charge is -2.18. The van der Waals surface area contributed by atoms with Crippen LogP contribution in [0.25, 0.3) is 11.1 Å². The van der Waals surface area contributed by atoms with Gasteiger partial charge >= 0.3 is 6.18 Å². The molecule has 2 aromatic carbocycles. The van der Waals surface area contributed by atoms with Crippen molar-refractivity contribution in [3.63, 3.8) is 0 Å². The average molecular weight is 602 g/mol. The van der Waals surface area contributed by atoms with E-state index in [4.69, 9.17) is 0 Å². The Morgan fingerprint density at radius 2 is 1.51 bits per heavy atom. The molecule has 1 aliphatic rings. The van der Waals surface area contributed by atoms with E-state index in [0.29, 0.717) is 24.9 Å². The van der Waals surface area contributed by atoms with E-state index >= 15 is 0 Å². The molecule has 1 aliphatic carbocycles. The molecule has 0 radical (unpaired) electrons. The number of halogens is 5. The third-order valence-corrected chi connectivity index (χ3v) is 9.41. The number of nitrogens with zero attached hydrogens (tertiary/aromatic N) is 1. The molecule has 228 valence electrons. The zero-order valence-electron chi connectivity index (χ0n) is 23.6. The lowest BCUT2D eigenvalue weighted by molar-refractivity contribution is -0.134. The Morgan fingerprint density at radius 1 is 0.854 bits per heavy atom. The van der Waals surface area contributed by atoms with Crippen molar-refractivity contribution in [3.8, 4) is 5.75 Å². The zero-order chi connectivity index (χ0) is 30.0. The van der Waals surface area contributed by atoms with Gasteiger partial charge in [0.05, 0.1) is 11.5 Å². The number of sulfone groups is 1. The summed E-state index contributed by atoms with van der Waals surface area (Å²) in [5, 5.41) is 9.94. The van der Waals surface area contributed by atoms with Crippen molar-refractivity contribution in [2.45, 2.75) is 76.8 Å². The van der Waals surface area contributed by atoms with Gasteiger partial charge < -0.3 is 10.0 Å². The molecule has 41 heavy (non-hydrogen) atoms. The summed E-state index contributed by atoms with van der Waals surface area (Å²) in [5.41, 5.74) is 4.39. The lowest BCUT2D eigenvalue weighted by Crippen LogP contribution is -2.24. The molecule has 2 aromatic rings. The summed E-state index contributed by atoms with van der Waals surface area (Å²) in [7, 11) is -1.58. The van der Waals surface area contributed by atoms with Crippen LogP contribution in [-0.2, 0) is 16.3 Å². The van der Waals surface area contributed by atoms with Crippen molar-refractivity contribution in [1.29, 1.82) is 0 Å². The van der Waals surface area contributed by atoms with Gasteiger partial charge in [0.2, 0.25) is 0 Å². The van der Waals surface area contributed by atoms with Gasteiger partial charge in [0.25, 0.3) is 0 Å². The molecule has 3 rings (SSSR count). The van der Waals surface area contributed by atoms with E-state index in [2.05, 4.69) is 0 Å². The Hall–Kier alpha value is -2.46. The fourth-order valence-corrected chi connectivity index (χ4v) is 6.80. The topological polar surface area (TPSA) is 57.6 Å². The quantitative estimate of drug-likeness (QED) is 0.166. The molecule has 0 fully saturated rings. The van der Waals surface area contributed by atoms with Gasteiger partial charge in [-0.3, -0.25) is 0 Å². The molecule has 0 amide bonds. The Morgan fingerprint density at radius 3 is 2.22 bits per heavy atom. The van der Waals surface area contributed by atoms with Crippen LogP contribution in [-0.4, -0.2) is 56.2 Å². The van der Waals surface area contributed by atoms with Crippen molar-refractivity contribution in [1.82, 2.24) is 4.90 Å². The third kappa shape index (κ3) is 10.7. The maximum atomic E-state index is 14.8. The summed E-state index contributed by atoms with van der Waals surface area (Å²) < 4.78 is 89.1. The molecule has 0 spiro atoms. The Labute approximate surface area is 240 Å². The highest BCUT2D eigenvalue weighted by molar-refractivity contribution is 7.91. The summed E-state index contributed by atoms with van der Waals surface area (Å²) in [6, 6.07) is 9.56. The molecule has 0 bridgehead atoms. The Kier molecular flexibility index (Phi) is 12.2. The summed E-state index contributed by atoms with van der Waals surface area (Å²) in [6.07, 6.45) is 0.973. The molecular formula is C31H40F5NO3S. The summed E-state index contributed by atoms with van der Waals surface area (Å²) in [5.74, 6) is -1.78. The van der Waals surface area contributed by atoms with Crippen molar-refractivity contribution in [2.24, 2.45) is 0 Å². The summed E-state index contributed by atoms with van der Waals surface area (Å²) >= 11 is 0. The van der Waals surface area contributed by atoms with Crippen LogP contribution >= 0.6 is 0 Å². The molecule has 0 heterocycles. The predicted molar refractivity (Wildman–Crippen MR) is 153 cm³/mol. The number of hydrogen-bond donors (Lipinski definition) is 1. The monoisotopic (exact) mass is 601 g/mol. The van der Waals surface area contributed by atoms with Gasteiger partial charge in [0.1, 0.15) is 15.7 Å². The second-order valence-corrected chi connectivity index (χ2v) is 13.2. The first-order valence-corrected chi connectivity index (χ1v) is 16.1. The van der Waals surface area contributed by atoms with Gasteiger partial charge in [0.15, 0.2) is 11.6 Å². The summed E-state index contributed by atoms with van der Waals surface area (Å²) in [4.78, 5) is 2.04. The van der Waals surface area contributed by atoms with Crippen LogP contribution in [0.5, 0.6) is 5.75 Å². The highest BCUT2D eigenvalue weighted by Crippen LogP contribution is 2.41. The highest BCUT2D eigenvalue weighted by atomic mass is 32.2. The predicted octanol–water partition coefficient (Wildman–Crippen LogP) is 7.95. The van der Waals surface area contributed by atoms with Crippen molar-refractivity contribution < 1.29 is 35.5 Å². The minimum absolute atomic E-state index is 0.111. The number of phenols is 1. The van der Waals surface area contributed by atoms with Crippen molar-refractivity contribution >= 4 is 21.0 Å². The fourth-order valence-electron chi connectivity index (χ4n) is 5.44. The molecule has 0 saturated heterocycles. The minimum Gasteiger partial charge on any atom is -0.505 e. The highest BCUT2D eigenvalue weighted by Gasteiger charge is 2.27. The van der Waals surface area contributed by atoms with Crippen LogP contribution in [0.15, 0.2) is 36.4 Å². The summed E-state index contributed by atoms with van der Waals surface area (Å²) in [6.45, 7) is 1.34. The SMILES string of the molecule is CN(CCCCCCC1=C(c2ccc(F)cc2)CCCc2c1ccc(O)c2F)CCCS(=O)(=O)CCCC(F)(F)F. The minimum atomic E-state index is -4.33. The first-order chi connectivity index (χ1) is 19.4. The van der Waals surface area contributed by atoms with Crippen molar-refractivity contribution in [2.75, 3.05) is 31.6 Å². The molecule has 4 nitrogen and oxygen atoms in total. The maximum Gasteiger partial charge on any atom is 0.389 e. The molecular weight excluding hydrogens is 561 g/mol. The smallest absolute Gasteiger partial charge is 0.389 e. The number of fused-ring (bicyclic) bond motifs is 1. The number of rotatable bonds is 15. The normalized spacial score (nSPS) is 14.4. The second kappa shape index (κ2) is 15.1. The van der Waals surface area contributed by atoms with Gasteiger partial charge in [-0.25, -0.2) is 17.2 Å².